The van der Waals surface area contributed by atoms with Gasteiger partial charge in [-0.3, -0.25) is 0 Å². The molecule has 4 bridgehead atoms. The number of carbonyl (C=O) groups is 2. The zero-order valence-electron chi connectivity index (χ0n) is 14.6. The Balaban J connectivity index is 1.70. The third-order valence-electron chi connectivity index (χ3n) is 6.34. The molecule has 0 amide bonds. The van der Waals surface area contributed by atoms with Crippen LogP contribution in [0, 0.1) is 23.2 Å². The van der Waals surface area contributed by atoms with Crippen LogP contribution in [0.25, 0.3) is 0 Å². The summed E-state index contributed by atoms with van der Waals surface area (Å²) in [5.41, 5.74) is -0.340. The molecule has 4 aliphatic rings. The average molecular weight is 320 g/mol. The van der Waals surface area contributed by atoms with Crippen LogP contribution in [0.3, 0.4) is 0 Å². The van der Waals surface area contributed by atoms with Gasteiger partial charge in [-0.25, -0.2) is 9.59 Å². The minimum absolute atomic E-state index is 0.0162. The fourth-order valence-corrected chi connectivity index (χ4v) is 5.25. The van der Waals surface area contributed by atoms with E-state index < -0.39 is 11.9 Å². The number of hydrogen-bond acceptors (Lipinski definition) is 4. The van der Waals surface area contributed by atoms with Crippen LogP contribution in [0.15, 0.2) is 12.2 Å². The van der Waals surface area contributed by atoms with Gasteiger partial charge in [-0.2, -0.15) is 0 Å². The van der Waals surface area contributed by atoms with Crippen LogP contribution < -0.4 is 0 Å². The Bertz CT molecular complexity index is 517. The predicted octanol–water partition coefficient (Wildman–Crippen LogP) is 3.64. The normalized spacial score (nSPS) is 37.3. The van der Waals surface area contributed by atoms with Gasteiger partial charge in [0.15, 0.2) is 0 Å². The molecule has 2 unspecified atom stereocenters. The van der Waals surface area contributed by atoms with E-state index in [4.69, 9.17) is 9.47 Å². The van der Waals surface area contributed by atoms with Gasteiger partial charge in [-0.05, 0) is 63.7 Å². The van der Waals surface area contributed by atoms with Crippen molar-refractivity contribution in [1.29, 1.82) is 0 Å². The van der Waals surface area contributed by atoms with Crippen molar-refractivity contribution in [2.75, 3.05) is 0 Å². The summed E-state index contributed by atoms with van der Waals surface area (Å²) in [5.74, 6) is 1.13. The molecule has 0 saturated heterocycles. The van der Waals surface area contributed by atoms with Crippen LogP contribution >= 0.6 is 0 Å². The van der Waals surface area contributed by atoms with Crippen LogP contribution in [-0.4, -0.2) is 23.6 Å². The van der Waals surface area contributed by atoms with Crippen LogP contribution in [0.1, 0.15) is 59.8 Å². The third kappa shape index (κ3) is 2.92. The number of hydrogen-bond donors (Lipinski definition) is 0. The molecule has 0 N–H and O–H groups in total. The smallest absolute Gasteiger partial charge is 0.331 e. The molecule has 0 heterocycles. The first-order valence-electron chi connectivity index (χ1n) is 8.83. The number of rotatable bonds is 4. The Morgan fingerprint density at radius 1 is 1.00 bits per heavy atom. The van der Waals surface area contributed by atoms with Crippen molar-refractivity contribution in [1.82, 2.24) is 0 Å². The molecular weight excluding hydrogens is 292 g/mol. The first-order chi connectivity index (χ1) is 10.7. The molecule has 4 nitrogen and oxygen atoms in total. The highest BCUT2D eigenvalue weighted by Gasteiger charge is 2.63. The van der Waals surface area contributed by atoms with Crippen molar-refractivity contribution in [3.05, 3.63) is 12.2 Å². The molecule has 4 heteroatoms. The summed E-state index contributed by atoms with van der Waals surface area (Å²) in [4.78, 5) is 23.8. The number of carbonyl (C=O) groups excluding carboxylic acids is 2. The summed E-state index contributed by atoms with van der Waals surface area (Å²) in [7, 11) is 0. The Morgan fingerprint density at radius 2 is 1.57 bits per heavy atom. The second-order valence-electron chi connectivity index (χ2n) is 8.50. The molecule has 0 radical (unpaired) electrons. The first kappa shape index (κ1) is 16.5. The van der Waals surface area contributed by atoms with Gasteiger partial charge < -0.3 is 9.47 Å². The van der Waals surface area contributed by atoms with Gasteiger partial charge in [0.05, 0.1) is 6.10 Å². The lowest BCUT2D eigenvalue weighted by Crippen LogP contribution is -2.63. The molecule has 0 aromatic rings. The van der Waals surface area contributed by atoms with Gasteiger partial charge in [-0.15, -0.1) is 0 Å². The van der Waals surface area contributed by atoms with Gasteiger partial charge in [0, 0.05) is 17.6 Å². The monoisotopic (exact) mass is 320 g/mol. The second-order valence-corrected chi connectivity index (χ2v) is 8.50. The summed E-state index contributed by atoms with van der Waals surface area (Å²) < 4.78 is 11.0. The zero-order valence-corrected chi connectivity index (χ0v) is 14.6. The first-order valence-corrected chi connectivity index (χ1v) is 8.83. The zero-order chi connectivity index (χ0) is 16.8. The van der Waals surface area contributed by atoms with E-state index >= 15 is 0 Å². The highest BCUT2D eigenvalue weighted by atomic mass is 16.6. The van der Waals surface area contributed by atoms with Gasteiger partial charge in [-0.1, -0.05) is 13.8 Å². The third-order valence-corrected chi connectivity index (χ3v) is 6.34. The van der Waals surface area contributed by atoms with E-state index in [9.17, 15) is 9.59 Å². The molecule has 4 fully saturated rings. The fourth-order valence-electron chi connectivity index (χ4n) is 5.25. The lowest BCUT2D eigenvalue weighted by Gasteiger charge is -2.64. The Labute approximate surface area is 138 Å². The van der Waals surface area contributed by atoms with Crippen molar-refractivity contribution >= 4 is 11.9 Å². The van der Waals surface area contributed by atoms with Crippen LogP contribution in [0.4, 0.5) is 0 Å². The molecule has 4 aliphatic carbocycles. The fraction of sp³-hybridized carbons (Fsp3) is 0.789. The summed E-state index contributed by atoms with van der Waals surface area (Å²) in [6.07, 6.45) is 8.01. The summed E-state index contributed by atoms with van der Waals surface area (Å²) in [6.45, 7) is 8.06. The molecule has 0 spiro atoms. The van der Waals surface area contributed by atoms with Gasteiger partial charge in [0.25, 0.3) is 0 Å². The Hall–Kier alpha value is -1.32. The topological polar surface area (TPSA) is 52.6 Å². The minimum atomic E-state index is -0.498. The van der Waals surface area contributed by atoms with E-state index in [1.807, 2.05) is 0 Å². The van der Waals surface area contributed by atoms with E-state index in [-0.39, 0.29) is 17.1 Å². The summed E-state index contributed by atoms with van der Waals surface area (Å²) >= 11 is 0. The van der Waals surface area contributed by atoms with Gasteiger partial charge in [0.2, 0.25) is 0 Å². The van der Waals surface area contributed by atoms with E-state index in [0.29, 0.717) is 17.8 Å². The lowest BCUT2D eigenvalue weighted by atomic mass is 9.44. The number of esters is 2. The highest BCUT2D eigenvalue weighted by molar-refractivity contribution is 5.91. The lowest BCUT2D eigenvalue weighted by molar-refractivity contribution is -0.231. The van der Waals surface area contributed by atoms with Crippen LogP contribution in [-0.2, 0) is 19.1 Å². The predicted molar refractivity (Wildman–Crippen MR) is 86.5 cm³/mol. The molecule has 0 aromatic carbocycles. The number of ether oxygens (including phenoxy) is 2. The van der Waals surface area contributed by atoms with E-state index in [2.05, 4.69) is 13.8 Å². The van der Waals surface area contributed by atoms with Gasteiger partial charge >= 0.3 is 11.9 Å². The maximum absolute atomic E-state index is 12.3. The van der Waals surface area contributed by atoms with E-state index in [0.717, 1.165) is 12.8 Å². The Kier molecular flexibility index (Phi) is 4.06. The maximum atomic E-state index is 12.3. The molecular formula is C19H28O4. The van der Waals surface area contributed by atoms with Crippen LogP contribution in [0.2, 0.25) is 0 Å². The largest absolute Gasteiger partial charge is 0.460 e. The maximum Gasteiger partial charge on any atom is 0.331 e. The second kappa shape index (κ2) is 5.64. The van der Waals surface area contributed by atoms with Gasteiger partial charge in [0.1, 0.15) is 5.60 Å². The van der Waals surface area contributed by atoms with Crippen molar-refractivity contribution in [2.24, 2.45) is 23.2 Å². The standard InChI is InChI=1S/C19H28O4/c1-12(2)22-16(20)5-6-17(21)23-19-10-13-7-14(11-19)9-15(8-13)18(19,3)4/h5-6,12-15H,7-11H2,1-4H3. The SMILES string of the molecule is CC(C)OC(=O)C=CC(=O)OC12CC3CC(CC(C3)C1(C)C)C2. The Morgan fingerprint density at radius 3 is 2.13 bits per heavy atom. The average Bonchev–Trinajstić information content (AvgIpc) is 2.41. The highest BCUT2D eigenvalue weighted by Crippen LogP contribution is 2.65. The summed E-state index contributed by atoms with van der Waals surface area (Å²) in [6, 6.07) is 0. The van der Waals surface area contributed by atoms with Crippen molar-refractivity contribution in [3.63, 3.8) is 0 Å². The minimum Gasteiger partial charge on any atom is -0.460 e. The molecule has 4 saturated carbocycles. The van der Waals surface area contributed by atoms with E-state index in [1.54, 1.807) is 13.8 Å². The molecule has 4 rings (SSSR count). The van der Waals surface area contributed by atoms with Crippen molar-refractivity contribution in [2.45, 2.75) is 71.5 Å². The van der Waals surface area contributed by atoms with Crippen LogP contribution in [0.5, 0.6) is 0 Å². The molecule has 23 heavy (non-hydrogen) atoms. The van der Waals surface area contributed by atoms with Crippen molar-refractivity contribution < 1.29 is 19.1 Å². The van der Waals surface area contributed by atoms with E-state index in [1.165, 1.54) is 31.4 Å². The molecule has 0 aliphatic heterocycles. The molecule has 0 aromatic heterocycles. The quantitative estimate of drug-likeness (QED) is 0.586. The molecule has 128 valence electrons. The van der Waals surface area contributed by atoms with Crippen molar-refractivity contribution in [3.8, 4) is 0 Å². The summed E-state index contributed by atoms with van der Waals surface area (Å²) in [5, 5.41) is 0. The molecule has 2 atom stereocenters.